The van der Waals surface area contributed by atoms with E-state index < -0.39 is 11.4 Å². The number of ketones is 1. The zero-order valence-electron chi connectivity index (χ0n) is 10.2. The highest BCUT2D eigenvalue weighted by atomic mass is 16.4. The number of nitrogens with zero attached hydrogens (tertiary/aromatic N) is 1. The molecule has 1 heterocycles. The smallest absolute Gasteiger partial charge is 0.350 e. The van der Waals surface area contributed by atoms with Gasteiger partial charge in [0.15, 0.2) is 5.78 Å². The lowest BCUT2D eigenvalue weighted by molar-refractivity contribution is 0.0993. The summed E-state index contributed by atoms with van der Waals surface area (Å²) in [5, 5.41) is 9.58. The van der Waals surface area contributed by atoms with Gasteiger partial charge in [0.2, 0.25) is 0 Å². The molecule has 5 heteroatoms. The van der Waals surface area contributed by atoms with Gasteiger partial charge >= 0.3 is 5.63 Å². The topological polar surface area (TPSA) is 79.9 Å². The molecule has 0 fully saturated rings. The maximum atomic E-state index is 11.8. The number of carbonyl (C=O) groups excluding carboxylic acids is 1. The molecule has 0 unspecified atom stereocenters. The second-order valence-electron chi connectivity index (χ2n) is 3.76. The fourth-order valence-corrected chi connectivity index (χ4v) is 1.41. The van der Waals surface area contributed by atoms with E-state index >= 15 is 0 Å². The van der Waals surface area contributed by atoms with Crippen molar-refractivity contribution in [2.45, 2.75) is 20.3 Å². The highest BCUT2D eigenvalue weighted by Gasteiger charge is 2.18. The largest absolute Gasteiger partial charge is 0.507 e. The van der Waals surface area contributed by atoms with Gasteiger partial charge in [-0.15, -0.1) is 6.42 Å². The van der Waals surface area contributed by atoms with Gasteiger partial charge in [-0.1, -0.05) is 5.92 Å². The van der Waals surface area contributed by atoms with Gasteiger partial charge in [0.05, 0.1) is 6.54 Å². The molecular weight excluding hydrogens is 234 g/mol. The number of aromatic hydroxyl groups is 1. The molecule has 1 rings (SSSR count). The third kappa shape index (κ3) is 3.32. The Morgan fingerprint density at radius 2 is 2.28 bits per heavy atom. The van der Waals surface area contributed by atoms with E-state index in [1.54, 1.807) is 6.92 Å². The highest BCUT2D eigenvalue weighted by molar-refractivity contribution is 6.10. The van der Waals surface area contributed by atoms with E-state index in [2.05, 4.69) is 10.9 Å². The molecule has 1 aromatic rings. The van der Waals surface area contributed by atoms with E-state index in [-0.39, 0.29) is 30.0 Å². The molecule has 0 saturated heterocycles. The lowest BCUT2D eigenvalue weighted by atomic mass is 10.1. The van der Waals surface area contributed by atoms with E-state index in [0.717, 1.165) is 0 Å². The molecule has 5 nitrogen and oxygen atoms in total. The predicted molar refractivity (Wildman–Crippen MR) is 67.1 cm³/mol. The Hall–Kier alpha value is -2.35. The number of aliphatic imine (C=N–C) groups is 1. The number of Topliss-reactive ketones (excluding diaryl/α,β-unsaturated/α-hetero) is 1. The molecule has 0 amide bonds. The van der Waals surface area contributed by atoms with E-state index in [1.165, 1.54) is 13.0 Å². The molecule has 1 N–H and O–H groups in total. The Morgan fingerprint density at radius 3 is 2.83 bits per heavy atom. The van der Waals surface area contributed by atoms with Gasteiger partial charge in [0, 0.05) is 18.2 Å². The number of aryl methyl sites for hydroxylation is 1. The molecule has 0 aromatic carbocycles. The number of hydrogen-bond donors (Lipinski definition) is 1. The van der Waals surface area contributed by atoms with Gasteiger partial charge in [-0.2, -0.15) is 0 Å². The van der Waals surface area contributed by atoms with Crippen LogP contribution >= 0.6 is 0 Å². The lowest BCUT2D eigenvalue weighted by Gasteiger charge is -2.02. The summed E-state index contributed by atoms with van der Waals surface area (Å²) < 4.78 is 4.76. The van der Waals surface area contributed by atoms with Crippen LogP contribution in [0.15, 0.2) is 20.3 Å². The minimum absolute atomic E-state index is 0.0803. The molecule has 0 aliphatic carbocycles. The molecule has 0 aliphatic heterocycles. The molecule has 0 radical (unpaired) electrons. The first-order chi connectivity index (χ1) is 8.45. The maximum Gasteiger partial charge on any atom is 0.350 e. The van der Waals surface area contributed by atoms with E-state index in [4.69, 9.17) is 10.8 Å². The molecule has 0 spiro atoms. The van der Waals surface area contributed by atoms with Crippen molar-refractivity contribution >= 4 is 11.5 Å². The molecule has 0 saturated carbocycles. The lowest BCUT2D eigenvalue weighted by Crippen LogP contribution is -2.17. The average molecular weight is 247 g/mol. The van der Waals surface area contributed by atoms with Crippen LogP contribution in [0.5, 0.6) is 5.75 Å². The van der Waals surface area contributed by atoms with Gasteiger partial charge < -0.3 is 9.52 Å². The Kier molecular flexibility index (Phi) is 4.44. The Labute approximate surface area is 104 Å². The molecular formula is C13H13NO4. The van der Waals surface area contributed by atoms with Crippen LogP contribution in [0.2, 0.25) is 0 Å². The van der Waals surface area contributed by atoms with Gasteiger partial charge in [0.1, 0.15) is 17.1 Å². The summed E-state index contributed by atoms with van der Waals surface area (Å²) in [6.45, 7) is 3.31. The first kappa shape index (κ1) is 13.7. The second-order valence-corrected chi connectivity index (χ2v) is 3.76. The van der Waals surface area contributed by atoms with Crippen molar-refractivity contribution in [1.82, 2.24) is 0 Å². The minimum atomic E-state index is -0.845. The summed E-state index contributed by atoms with van der Waals surface area (Å²) in [7, 11) is 0. The summed E-state index contributed by atoms with van der Waals surface area (Å²) in [4.78, 5) is 27.2. The average Bonchev–Trinajstić information content (AvgIpc) is 2.24. The summed E-state index contributed by atoms with van der Waals surface area (Å²) in [6, 6.07) is 1.22. The Balaban J connectivity index is 3.00. The number of hydrogen-bond acceptors (Lipinski definition) is 5. The summed E-state index contributed by atoms with van der Waals surface area (Å²) in [5.74, 6) is 1.64. The SMILES string of the molecule is C#CCN=C(C)CC(=O)c1c(O)cc(C)oc1=O. The molecule has 94 valence electrons. The standard InChI is InChI=1S/C13H13NO4/c1-4-5-14-8(2)6-10(15)12-11(16)7-9(3)18-13(12)17/h1,7,16H,5-6H2,2-3H3. The van der Waals surface area contributed by atoms with Crippen molar-refractivity contribution in [2.24, 2.45) is 4.99 Å². The number of carbonyl (C=O) groups is 1. The monoisotopic (exact) mass is 247 g/mol. The number of rotatable bonds is 4. The van der Waals surface area contributed by atoms with Crippen molar-refractivity contribution < 1.29 is 14.3 Å². The van der Waals surface area contributed by atoms with E-state index in [9.17, 15) is 14.7 Å². The maximum absolute atomic E-state index is 11.8. The van der Waals surface area contributed by atoms with Crippen molar-refractivity contribution in [1.29, 1.82) is 0 Å². The third-order valence-electron chi connectivity index (χ3n) is 2.19. The Morgan fingerprint density at radius 1 is 1.61 bits per heavy atom. The quantitative estimate of drug-likeness (QED) is 0.494. The van der Waals surface area contributed by atoms with Gasteiger partial charge in [-0.05, 0) is 13.8 Å². The van der Waals surface area contributed by atoms with Crippen molar-refractivity contribution in [3.8, 4) is 18.1 Å². The van der Waals surface area contributed by atoms with Crippen LogP contribution in [0, 0.1) is 19.3 Å². The first-order valence-corrected chi connectivity index (χ1v) is 5.26. The molecule has 18 heavy (non-hydrogen) atoms. The Bertz CT molecular complexity index is 590. The van der Waals surface area contributed by atoms with Crippen LogP contribution in [0.1, 0.15) is 29.5 Å². The van der Waals surface area contributed by atoms with Gasteiger partial charge in [-0.25, -0.2) is 4.79 Å². The zero-order valence-corrected chi connectivity index (χ0v) is 10.2. The highest BCUT2D eigenvalue weighted by Crippen LogP contribution is 2.16. The van der Waals surface area contributed by atoms with Crippen molar-refractivity contribution in [2.75, 3.05) is 6.54 Å². The molecule has 0 bridgehead atoms. The van der Waals surface area contributed by atoms with E-state index in [0.29, 0.717) is 5.71 Å². The third-order valence-corrected chi connectivity index (χ3v) is 2.19. The van der Waals surface area contributed by atoms with Crippen molar-refractivity contribution in [3.63, 3.8) is 0 Å². The van der Waals surface area contributed by atoms with E-state index in [1.807, 2.05) is 0 Å². The van der Waals surface area contributed by atoms with Crippen LogP contribution in [-0.2, 0) is 0 Å². The summed E-state index contributed by atoms with van der Waals surface area (Å²) in [5.41, 5.74) is -0.699. The summed E-state index contributed by atoms with van der Waals surface area (Å²) in [6.07, 6.45) is 4.96. The van der Waals surface area contributed by atoms with Gasteiger partial charge in [-0.3, -0.25) is 9.79 Å². The van der Waals surface area contributed by atoms with Crippen LogP contribution in [0.25, 0.3) is 0 Å². The van der Waals surface area contributed by atoms with Crippen LogP contribution in [-0.4, -0.2) is 23.1 Å². The van der Waals surface area contributed by atoms with Crippen LogP contribution in [0.3, 0.4) is 0 Å². The fraction of sp³-hybridized carbons (Fsp3) is 0.308. The van der Waals surface area contributed by atoms with Gasteiger partial charge in [0.25, 0.3) is 0 Å². The van der Waals surface area contributed by atoms with Crippen LogP contribution in [0.4, 0.5) is 0 Å². The molecule has 0 atom stereocenters. The number of terminal acetylenes is 1. The predicted octanol–water partition coefficient (Wildman–Crippen LogP) is 1.32. The van der Waals surface area contributed by atoms with Crippen molar-refractivity contribution in [3.05, 3.63) is 27.8 Å². The van der Waals surface area contributed by atoms with Crippen LogP contribution < -0.4 is 5.63 Å². The molecule has 1 aromatic heterocycles. The normalized spacial score (nSPS) is 11.1. The first-order valence-electron chi connectivity index (χ1n) is 5.26. The second kappa shape index (κ2) is 5.82. The minimum Gasteiger partial charge on any atom is -0.507 e. The summed E-state index contributed by atoms with van der Waals surface area (Å²) >= 11 is 0. The molecule has 0 aliphatic rings. The fourth-order valence-electron chi connectivity index (χ4n) is 1.41. The zero-order chi connectivity index (χ0) is 13.7.